The van der Waals surface area contributed by atoms with Gasteiger partial charge >= 0.3 is 30.7 Å². The second-order valence-corrected chi connectivity index (χ2v) is 15.5. The van der Waals surface area contributed by atoms with Crippen LogP contribution in [0.25, 0.3) is 0 Å². The summed E-state index contributed by atoms with van der Waals surface area (Å²) in [5.74, 6) is 0.500. The molecule has 5 N–H and O–H groups in total. The van der Waals surface area contributed by atoms with Crippen LogP contribution in [0.4, 0.5) is 61.0 Å². The number of carbonyl (C=O) groups excluding carboxylic acids is 2. The Balaban J connectivity index is 0.000000832. The summed E-state index contributed by atoms with van der Waals surface area (Å²) in [5.41, 5.74) is 1.92. The normalized spacial score (nSPS) is 15.4. The fourth-order valence-electron chi connectivity index (χ4n) is 4.47. The summed E-state index contributed by atoms with van der Waals surface area (Å²) in [6, 6.07) is 0.177. The van der Waals surface area contributed by atoms with Crippen LogP contribution in [0.15, 0.2) is 37.2 Å². The van der Waals surface area contributed by atoms with Crippen LogP contribution >= 0.6 is 24.0 Å². The van der Waals surface area contributed by atoms with Crippen LogP contribution in [0, 0.1) is 0 Å². The number of anilines is 2. The van der Waals surface area contributed by atoms with Crippen molar-refractivity contribution in [3.05, 3.63) is 59.2 Å². The first-order valence-electron chi connectivity index (χ1n) is 17.8. The minimum Gasteiger partial charge on any atom is -0.444 e. The summed E-state index contributed by atoms with van der Waals surface area (Å²) in [5, 5.41) is 8.28. The summed E-state index contributed by atoms with van der Waals surface area (Å²) in [7, 11) is 0. The highest BCUT2D eigenvalue weighted by Crippen LogP contribution is 2.30. The lowest BCUT2D eigenvalue weighted by Gasteiger charge is -2.39. The fourth-order valence-corrected chi connectivity index (χ4v) is 4.57. The summed E-state index contributed by atoms with van der Waals surface area (Å²) >= 11 is 5.17. The highest BCUT2D eigenvalue weighted by Gasteiger charge is 2.35. The Morgan fingerprint density at radius 3 is 1.19 bits per heavy atom. The SMILES string of the molecule is C.C.CC(C)(C)OC(=O)NC1CN(c2ncc(C(F)(F)F)cn2)C1.CC(C)(C)OC(=O)NC1CNC1.Cl.FC(F)(F)c1cnc(Cl)nc1.NC1CN(c2ncc(C(F)(F)F)cn2)C1. The van der Waals surface area contributed by atoms with Crippen LogP contribution < -0.4 is 31.5 Å². The van der Waals surface area contributed by atoms with Crippen molar-refractivity contribution in [2.45, 2.75) is 104 Å². The first-order chi connectivity index (χ1) is 27.5. The third-order valence-corrected chi connectivity index (χ3v) is 7.65. The molecule has 0 saturated carbocycles. The predicted molar refractivity (Wildman–Crippen MR) is 218 cm³/mol. The van der Waals surface area contributed by atoms with E-state index in [2.05, 4.69) is 45.9 Å². The van der Waals surface area contributed by atoms with Gasteiger partial charge in [0.2, 0.25) is 17.2 Å². The molecule has 358 valence electrons. The van der Waals surface area contributed by atoms with Crippen molar-refractivity contribution in [1.82, 2.24) is 45.9 Å². The number of ether oxygens (including phenoxy) is 2. The molecule has 3 aliphatic heterocycles. The highest BCUT2D eigenvalue weighted by molar-refractivity contribution is 6.28. The maximum absolute atomic E-state index is 12.4. The molecule has 6 rings (SSSR count). The molecular weight excluding hydrogens is 906 g/mol. The number of hydrogen-bond acceptors (Lipinski definition) is 14. The molecular formula is C36H53Cl2F9N12O4. The zero-order valence-electron chi connectivity index (χ0n) is 33.4. The van der Waals surface area contributed by atoms with Crippen LogP contribution in [0.5, 0.6) is 0 Å². The van der Waals surface area contributed by atoms with Crippen LogP contribution in [-0.4, -0.2) is 111 Å². The van der Waals surface area contributed by atoms with Crippen LogP contribution in [0.1, 0.15) is 73.1 Å². The van der Waals surface area contributed by atoms with Crippen molar-refractivity contribution in [2.75, 3.05) is 49.1 Å². The van der Waals surface area contributed by atoms with E-state index in [1.807, 2.05) is 20.8 Å². The Morgan fingerprint density at radius 2 is 0.921 bits per heavy atom. The van der Waals surface area contributed by atoms with E-state index in [4.69, 9.17) is 26.8 Å². The molecule has 0 bridgehead atoms. The second kappa shape index (κ2) is 23.8. The molecule has 0 unspecified atom stereocenters. The largest absolute Gasteiger partial charge is 0.444 e. The minimum absolute atomic E-state index is 0. The number of halogens is 11. The highest BCUT2D eigenvalue weighted by atomic mass is 35.5. The summed E-state index contributed by atoms with van der Waals surface area (Å²) < 4.78 is 119. The lowest BCUT2D eigenvalue weighted by atomic mass is 10.1. The third-order valence-electron chi connectivity index (χ3n) is 7.46. The Kier molecular flexibility index (Phi) is 22.0. The molecule has 63 heavy (non-hydrogen) atoms. The molecule has 6 heterocycles. The van der Waals surface area contributed by atoms with E-state index in [0.717, 1.165) is 37.9 Å². The number of alkyl carbamates (subject to hydrolysis) is 2. The van der Waals surface area contributed by atoms with E-state index in [0.29, 0.717) is 44.5 Å². The number of nitrogens with two attached hydrogens (primary N) is 1. The average Bonchev–Trinajstić information content (AvgIpc) is 3.05. The van der Waals surface area contributed by atoms with Gasteiger partial charge < -0.3 is 41.0 Å². The Hall–Kier alpha value is -4.75. The fraction of sp³-hybridized carbons (Fsp3) is 0.611. The van der Waals surface area contributed by atoms with E-state index < -0.39 is 52.5 Å². The van der Waals surface area contributed by atoms with E-state index in [1.165, 1.54) is 0 Å². The zero-order chi connectivity index (χ0) is 45.3. The van der Waals surface area contributed by atoms with E-state index >= 15 is 0 Å². The molecule has 3 aromatic heterocycles. The Labute approximate surface area is 370 Å². The number of aromatic nitrogens is 6. The van der Waals surface area contributed by atoms with Crippen molar-refractivity contribution in [3.63, 3.8) is 0 Å². The van der Waals surface area contributed by atoms with Crippen LogP contribution in [-0.2, 0) is 28.0 Å². The van der Waals surface area contributed by atoms with Gasteiger partial charge in [0.1, 0.15) is 11.2 Å². The number of amides is 2. The van der Waals surface area contributed by atoms with Crippen LogP contribution in [0.3, 0.4) is 0 Å². The molecule has 0 atom stereocenters. The van der Waals surface area contributed by atoms with Gasteiger partial charge in [-0.05, 0) is 53.1 Å². The summed E-state index contributed by atoms with van der Waals surface area (Å²) in [6.07, 6.45) is -9.75. The molecule has 16 nitrogen and oxygen atoms in total. The lowest BCUT2D eigenvalue weighted by molar-refractivity contribution is -0.138. The van der Waals surface area contributed by atoms with Gasteiger partial charge in [0.25, 0.3) is 0 Å². The molecule has 3 fully saturated rings. The van der Waals surface area contributed by atoms with Gasteiger partial charge in [0.15, 0.2) is 0 Å². The maximum atomic E-state index is 12.4. The van der Waals surface area contributed by atoms with Gasteiger partial charge in [-0.3, -0.25) is 0 Å². The number of alkyl halides is 9. The first-order valence-corrected chi connectivity index (χ1v) is 18.1. The summed E-state index contributed by atoms with van der Waals surface area (Å²) in [6.45, 7) is 14.5. The molecule has 0 spiro atoms. The lowest BCUT2D eigenvalue weighted by Crippen LogP contribution is -2.60. The van der Waals surface area contributed by atoms with E-state index in [9.17, 15) is 49.1 Å². The van der Waals surface area contributed by atoms with Gasteiger partial charge in [-0.1, -0.05) is 14.9 Å². The zero-order valence-corrected chi connectivity index (χ0v) is 35.0. The average molecular weight is 960 g/mol. The molecule has 3 aromatic rings. The number of rotatable bonds is 4. The van der Waals surface area contributed by atoms with Crippen LogP contribution in [0.2, 0.25) is 5.28 Å². The molecule has 0 aromatic carbocycles. The Morgan fingerprint density at radius 1 is 0.619 bits per heavy atom. The van der Waals surface area contributed by atoms with Gasteiger partial charge in [0.05, 0.1) is 28.8 Å². The van der Waals surface area contributed by atoms with Crippen molar-refractivity contribution in [3.8, 4) is 0 Å². The van der Waals surface area contributed by atoms with Crippen molar-refractivity contribution in [2.24, 2.45) is 5.73 Å². The van der Waals surface area contributed by atoms with E-state index in [-0.39, 0.29) is 62.7 Å². The molecule has 0 radical (unpaired) electrons. The number of nitrogens with one attached hydrogen (secondary N) is 3. The van der Waals surface area contributed by atoms with Gasteiger partial charge in [-0.2, -0.15) is 39.5 Å². The van der Waals surface area contributed by atoms with Gasteiger partial charge in [-0.15, -0.1) is 12.4 Å². The number of hydrogen-bond donors (Lipinski definition) is 4. The molecule has 27 heteroatoms. The molecule has 3 aliphatic rings. The maximum Gasteiger partial charge on any atom is 0.419 e. The second-order valence-electron chi connectivity index (χ2n) is 15.2. The Bertz CT molecular complexity index is 1820. The molecule has 0 aliphatic carbocycles. The minimum atomic E-state index is -4.45. The smallest absolute Gasteiger partial charge is 0.419 e. The summed E-state index contributed by atoms with van der Waals surface area (Å²) in [4.78, 5) is 47.1. The third kappa shape index (κ3) is 21.0. The number of carbonyl (C=O) groups is 2. The quantitative estimate of drug-likeness (QED) is 0.152. The molecule has 2 amide bonds. The topological polar surface area (TPSA) is 199 Å². The van der Waals surface area contributed by atoms with Crippen molar-refractivity contribution >= 4 is 48.1 Å². The monoisotopic (exact) mass is 958 g/mol. The standard InChI is InChI=1S/C13H17F3N4O2.C8H9F3N4.C8H16N2O2.C5H2ClF3N2.2CH4.ClH/c1-12(2,3)22-11(21)19-9-6-20(7-9)10-17-4-8(5-18-10)13(14,15)16;9-8(10,11)5-1-13-7(14-2-5)15-3-6(12)4-15;1-8(2,3)12-7(11)10-6-4-9-5-6;6-4-10-1-3(2-11-4)5(7,8)9;;;/h4-5,9H,6-7H2,1-3H3,(H,19,21);1-2,6H,3-4,12H2;6,9H,4-5H2,1-3H3,(H,10,11);1-2H;2*1H4;1H. The molecule has 3 saturated heterocycles. The predicted octanol–water partition coefficient (Wildman–Crippen LogP) is 7.18. The van der Waals surface area contributed by atoms with Gasteiger partial charge in [0, 0.05) is 82.5 Å². The first kappa shape index (κ1) is 58.2. The van der Waals surface area contributed by atoms with Gasteiger partial charge in [-0.25, -0.2) is 39.5 Å². The number of nitrogens with zero attached hydrogens (tertiary/aromatic N) is 8. The van der Waals surface area contributed by atoms with E-state index in [1.54, 1.807) is 30.6 Å². The van der Waals surface area contributed by atoms with Crippen molar-refractivity contribution in [1.29, 1.82) is 0 Å². The van der Waals surface area contributed by atoms with Crippen molar-refractivity contribution < 1.29 is 58.6 Å².